The van der Waals surface area contributed by atoms with E-state index in [1.807, 2.05) is 23.1 Å². The Bertz CT molecular complexity index is 758. The lowest BCUT2D eigenvalue weighted by atomic mass is 9.89. The number of carbonyl (C=O) groups excluding carboxylic acids is 1. The molecule has 2 N–H and O–H groups in total. The number of carbonyl (C=O) groups is 1. The second kappa shape index (κ2) is 7.16. The molecule has 0 saturated carbocycles. The average Bonchev–Trinajstić information content (AvgIpc) is 3.05. The first-order chi connectivity index (χ1) is 11.7. The van der Waals surface area contributed by atoms with Crippen molar-refractivity contribution in [3.63, 3.8) is 0 Å². The molecule has 1 fully saturated rings. The Morgan fingerprint density at radius 3 is 2.48 bits per heavy atom. The molecule has 0 unspecified atom stereocenters. The van der Waals surface area contributed by atoms with Gasteiger partial charge >= 0.3 is 0 Å². The van der Waals surface area contributed by atoms with Crippen LogP contribution in [0.3, 0.4) is 0 Å². The number of ether oxygens (including phenoxy) is 1. The fraction of sp³-hybridized carbons (Fsp3) is 0.350. The Kier molecular flexibility index (Phi) is 5.13. The minimum Gasteiger partial charge on any atom is -0.381 e. The molecule has 2 heterocycles. The van der Waals surface area contributed by atoms with Gasteiger partial charge in [-0.3, -0.25) is 4.79 Å². The van der Waals surface area contributed by atoms with E-state index in [0.29, 0.717) is 32.6 Å². The summed E-state index contributed by atoms with van der Waals surface area (Å²) in [6.07, 6.45) is 2.08. The van der Waals surface area contributed by atoms with Gasteiger partial charge in [0.2, 0.25) is 5.91 Å². The number of hydrogen-bond donors (Lipinski definition) is 1. The van der Waals surface area contributed by atoms with Crippen LogP contribution in [0.2, 0.25) is 0 Å². The van der Waals surface area contributed by atoms with Crippen molar-refractivity contribution < 1.29 is 9.53 Å². The molecule has 0 atom stereocenters. The Morgan fingerprint density at radius 1 is 1.04 bits per heavy atom. The van der Waals surface area contributed by atoms with Gasteiger partial charge in [-0.25, -0.2) is 0 Å². The van der Waals surface area contributed by atoms with Gasteiger partial charge < -0.3 is 15.4 Å². The lowest BCUT2D eigenvalue weighted by Gasteiger charge is -2.35. The summed E-state index contributed by atoms with van der Waals surface area (Å²) in [5.41, 5.74) is 10.2. The Labute approximate surface area is 154 Å². The van der Waals surface area contributed by atoms with E-state index in [9.17, 15) is 4.79 Å². The number of nitrogens with two attached hydrogens (primary N) is 1. The molecule has 0 aliphatic carbocycles. The molecule has 0 bridgehead atoms. The van der Waals surface area contributed by atoms with Gasteiger partial charge in [0, 0.05) is 25.4 Å². The number of anilines is 1. The summed E-state index contributed by atoms with van der Waals surface area (Å²) < 4.78 is 5.36. The zero-order chi connectivity index (χ0) is 16.6. The fourth-order valence-corrected chi connectivity index (χ4v) is 3.64. The van der Waals surface area contributed by atoms with Crippen LogP contribution in [0.25, 0.3) is 11.1 Å². The van der Waals surface area contributed by atoms with Crippen molar-refractivity contribution in [1.82, 2.24) is 0 Å². The lowest BCUT2D eigenvalue weighted by molar-refractivity contribution is -0.126. The van der Waals surface area contributed by atoms with Crippen molar-refractivity contribution in [2.24, 2.45) is 5.73 Å². The molecule has 1 saturated heterocycles. The summed E-state index contributed by atoms with van der Waals surface area (Å²) in [6, 6.07) is 16.7. The molecule has 25 heavy (non-hydrogen) atoms. The molecule has 2 aromatic carbocycles. The van der Waals surface area contributed by atoms with E-state index in [1.54, 1.807) is 0 Å². The first kappa shape index (κ1) is 17.9. The van der Waals surface area contributed by atoms with Crippen LogP contribution < -0.4 is 10.6 Å². The van der Waals surface area contributed by atoms with Gasteiger partial charge in [-0.05, 0) is 48.1 Å². The topological polar surface area (TPSA) is 55.6 Å². The second-order valence-corrected chi connectivity index (χ2v) is 6.68. The van der Waals surface area contributed by atoms with Gasteiger partial charge in [-0.2, -0.15) is 0 Å². The Hall–Kier alpha value is -1.88. The first-order valence-corrected chi connectivity index (χ1v) is 8.54. The molecule has 2 aromatic rings. The number of hydrogen-bond acceptors (Lipinski definition) is 3. The largest absolute Gasteiger partial charge is 0.381 e. The summed E-state index contributed by atoms with van der Waals surface area (Å²) in [5, 5.41) is 0. The highest BCUT2D eigenvalue weighted by molar-refractivity contribution is 6.02. The highest BCUT2D eigenvalue weighted by Gasteiger charge is 2.41. The predicted octanol–water partition coefficient (Wildman–Crippen LogP) is 3.17. The van der Waals surface area contributed by atoms with E-state index in [0.717, 1.165) is 12.1 Å². The van der Waals surface area contributed by atoms with Gasteiger partial charge in [0.15, 0.2) is 0 Å². The highest BCUT2D eigenvalue weighted by atomic mass is 35.5. The van der Waals surface area contributed by atoms with Crippen molar-refractivity contribution in [3.05, 3.63) is 54.1 Å². The van der Waals surface area contributed by atoms with Crippen LogP contribution in [0.4, 0.5) is 5.69 Å². The van der Waals surface area contributed by atoms with Crippen LogP contribution in [-0.4, -0.2) is 31.2 Å². The van der Waals surface area contributed by atoms with Crippen LogP contribution in [0, 0.1) is 0 Å². The zero-order valence-electron chi connectivity index (χ0n) is 14.1. The minimum atomic E-state index is -0.780. The maximum absolute atomic E-state index is 13.0. The van der Waals surface area contributed by atoms with Crippen molar-refractivity contribution in [3.8, 4) is 11.1 Å². The molecule has 4 rings (SSSR count). The average molecular weight is 359 g/mol. The number of fused-ring (bicyclic) bond motifs is 1. The number of halogens is 1. The molecule has 5 heteroatoms. The Balaban J connectivity index is 0.00000182. The summed E-state index contributed by atoms with van der Waals surface area (Å²) >= 11 is 0. The molecule has 0 spiro atoms. The Morgan fingerprint density at radius 2 is 1.76 bits per heavy atom. The van der Waals surface area contributed by atoms with E-state index in [2.05, 4.69) is 30.3 Å². The second-order valence-electron chi connectivity index (χ2n) is 6.68. The number of nitrogens with zero attached hydrogens (tertiary/aromatic N) is 1. The van der Waals surface area contributed by atoms with Crippen LogP contribution in [0.1, 0.15) is 18.4 Å². The van der Waals surface area contributed by atoms with E-state index in [4.69, 9.17) is 10.5 Å². The normalized spacial score (nSPS) is 18.4. The van der Waals surface area contributed by atoms with E-state index in [-0.39, 0.29) is 18.3 Å². The zero-order valence-corrected chi connectivity index (χ0v) is 14.9. The quantitative estimate of drug-likeness (QED) is 0.897. The van der Waals surface area contributed by atoms with Gasteiger partial charge in [0.1, 0.15) is 5.54 Å². The smallest absolute Gasteiger partial charge is 0.247 e. The molecule has 0 radical (unpaired) electrons. The van der Waals surface area contributed by atoms with E-state index < -0.39 is 5.54 Å². The highest BCUT2D eigenvalue weighted by Crippen LogP contribution is 2.34. The van der Waals surface area contributed by atoms with Gasteiger partial charge in [-0.15, -0.1) is 12.4 Å². The van der Waals surface area contributed by atoms with Crippen LogP contribution in [-0.2, 0) is 16.0 Å². The minimum absolute atomic E-state index is 0. The molecular weight excluding hydrogens is 336 g/mol. The molecule has 1 amide bonds. The maximum atomic E-state index is 13.0. The van der Waals surface area contributed by atoms with E-state index in [1.165, 1.54) is 16.7 Å². The summed E-state index contributed by atoms with van der Waals surface area (Å²) in [5.74, 6) is 0.0389. The van der Waals surface area contributed by atoms with Crippen molar-refractivity contribution in [1.29, 1.82) is 0 Å². The molecule has 2 aliphatic rings. The molecular formula is C20H23ClN2O2. The third-order valence-corrected chi connectivity index (χ3v) is 5.14. The first-order valence-electron chi connectivity index (χ1n) is 8.54. The van der Waals surface area contributed by atoms with Crippen LogP contribution in [0.15, 0.2) is 48.5 Å². The van der Waals surface area contributed by atoms with Gasteiger partial charge in [0.25, 0.3) is 0 Å². The third-order valence-electron chi connectivity index (χ3n) is 5.14. The van der Waals surface area contributed by atoms with Crippen molar-refractivity contribution >= 4 is 24.0 Å². The molecule has 0 aromatic heterocycles. The third kappa shape index (κ3) is 3.30. The number of rotatable bonds is 2. The van der Waals surface area contributed by atoms with Crippen molar-refractivity contribution in [2.75, 3.05) is 24.7 Å². The molecule has 4 nitrogen and oxygen atoms in total. The van der Waals surface area contributed by atoms with Crippen LogP contribution in [0.5, 0.6) is 0 Å². The number of amides is 1. The van der Waals surface area contributed by atoms with E-state index >= 15 is 0 Å². The molecule has 132 valence electrons. The van der Waals surface area contributed by atoms with Crippen LogP contribution >= 0.6 is 12.4 Å². The SMILES string of the molecule is Cl.NC1(C(=O)N2CCc3cc(-c4ccccc4)ccc32)CCOCC1. The number of benzene rings is 2. The molecule has 2 aliphatic heterocycles. The van der Waals surface area contributed by atoms with Gasteiger partial charge in [-0.1, -0.05) is 36.4 Å². The summed E-state index contributed by atoms with van der Waals surface area (Å²) in [6.45, 7) is 1.85. The summed E-state index contributed by atoms with van der Waals surface area (Å²) in [7, 11) is 0. The monoisotopic (exact) mass is 358 g/mol. The van der Waals surface area contributed by atoms with Gasteiger partial charge in [0.05, 0.1) is 0 Å². The lowest BCUT2D eigenvalue weighted by Crippen LogP contribution is -2.58. The standard InChI is InChI=1S/C20H22N2O2.ClH/c21-20(9-12-24-13-10-20)19(23)22-11-8-17-14-16(6-7-18(17)22)15-4-2-1-3-5-15;/h1-7,14H,8-13,21H2;1H. The fourth-order valence-electron chi connectivity index (χ4n) is 3.64. The summed E-state index contributed by atoms with van der Waals surface area (Å²) in [4.78, 5) is 14.9. The van der Waals surface area contributed by atoms with Crippen molar-refractivity contribution in [2.45, 2.75) is 24.8 Å². The predicted molar refractivity (Wildman–Crippen MR) is 102 cm³/mol. The maximum Gasteiger partial charge on any atom is 0.247 e.